The highest BCUT2D eigenvalue weighted by Crippen LogP contribution is 2.39. The zero-order valence-electron chi connectivity index (χ0n) is 12.4. The van der Waals surface area contributed by atoms with Gasteiger partial charge in [0.05, 0.1) is 0 Å². The Bertz CT molecular complexity index is 329. The van der Waals surface area contributed by atoms with Gasteiger partial charge in [0, 0.05) is 37.3 Å². The van der Waals surface area contributed by atoms with Crippen molar-refractivity contribution in [3.05, 3.63) is 0 Å². The zero-order valence-corrected chi connectivity index (χ0v) is 12.4. The molecule has 4 heteroatoms. The molecule has 0 bridgehead atoms. The van der Waals surface area contributed by atoms with Crippen molar-refractivity contribution in [2.24, 2.45) is 0 Å². The molecule has 4 nitrogen and oxygen atoms in total. The van der Waals surface area contributed by atoms with Crippen molar-refractivity contribution in [2.75, 3.05) is 0 Å². The number of nitrogens with zero attached hydrogens (tertiary/aromatic N) is 1. The van der Waals surface area contributed by atoms with Gasteiger partial charge in [-0.25, -0.2) is 0 Å². The Morgan fingerprint density at radius 1 is 1.17 bits per heavy atom. The molecular weight excluding hydrogens is 230 g/mol. The lowest BCUT2D eigenvalue weighted by atomic mass is 9.78. The zero-order chi connectivity index (χ0) is 14.1. The summed E-state index contributed by atoms with van der Waals surface area (Å²) in [5.41, 5.74) is -0.571. The van der Waals surface area contributed by atoms with Crippen molar-refractivity contribution < 1.29 is 14.3 Å². The van der Waals surface area contributed by atoms with E-state index in [0.717, 1.165) is 0 Å². The lowest BCUT2D eigenvalue weighted by molar-refractivity contribution is -0.166. The van der Waals surface area contributed by atoms with Crippen LogP contribution in [0.4, 0.5) is 0 Å². The van der Waals surface area contributed by atoms with Crippen LogP contribution in [0.2, 0.25) is 0 Å². The number of likely N-dealkylation sites (tertiary alicyclic amines) is 1. The lowest BCUT2D eigenvalue weighted by Crippen LogP contribution is -2.63. The fraction of sp³-hybridized carbons (Fsp3) is 0.857. The molecule has 1 rings (SSSR count). The van der Waals surface area contributed by atoms with Gasteiger partial charge in [-0.15, -0.1) is 0 Å². The van der Waals surface area contributed by atoms with E-state index < -0.39 is 0 Å². The van der Waals surface area contributed by atoms with Gasteiger partial charge in [-0.1, -0.05) is 6.92 Å². The van der Waals surface area contributed by atoms with Crippen LogP contribution in [0.25, 0.3) is 0 Å². The van der Waals surface area contributed by atoms with Gasteiger partial charge in [0.25, 0.3) is 0 Å². The molecule has 18 heavy (non-hydrogen) atoms. The summed E-state index contributed by atoms with van der Waals surface area (Å²) >= 11 is 0. The smallest absolute Gasteiger partial charge is 0.305 e. The predicted octanol–water partition coefficient (Wildman–Crippen LogP) is 2.51. The van der Waals surface area contributed by atoms with Crippen LogP contribution in [0, 0.1) is 0 Å². The number of amides is 1. The molecule has 1 amide bonds. The molecule has 0 aromatic rings. The molecule has 1 aliphatic heterocycles. The maximum Gasteiger partial charge on any atom is 0.305 e. The first-order chi connectivity index (χ1) is 8.10. The van der Waals surface area contributed by atoms with E-state index in [4.69, 9.17) is 4.74 Å². The summed E-state index contributed by atoms with van der Waals surface area (Å²) < 4.78 is 5.46. The molecule has 0 radical (unpaired) electrons. The van der Waals surface area contributed by atoms with E-state index in [1.165, 1.54) is 0 Å². The average molecular weight is 255 g/mol. The number of hydrogen-bond donors (Lipinski definition) is 0. The maximum absolute atomic E-state index is 11.8. The molecule has 0 aromatic heterocycles. The Labute approximate surface area is 110 Å². The summed E-state index contributed by atoms with van der Waals surface area (Å²) in [5.74, 6) is -0.0897. The summed E-state index contributed by atoms with van der Waals surface area (Å²) in [6.07, 6.45) is 1.69. The van der Waals surface area contributed by atoms with Crippen LogP contribution in [-0.2, 0) is 14.3 Å². The Morgan fingerprint density at radius 2 is 1.61 bits per heavy atom. The average Bonchev–Trinajstić information content (AvgIpc) is 2.11. The SMILES string of the molecule is CCC(=O)OC1CC(C)(C)N(C(C)=O)C(C)(C)C1. The molecule has 0 N–H and O–H groups in total. The molecule has 1 fully saturated rings. The topological polar surface area (TPSA) is 46.6 Å². The Balaban J connectivity index is 2.91. The highest BCUT2D eigenvalue weighted by molar-refractivity contribution is 5.75. The van der Waals surface area contributed by atoms with E-state index in [0.29, 0.717) is 19.3 Å². The highest BCUT2D eigenvalue weighted by Gasteiger charge is 2.47. The molecule has 1 saturated heterocycles. The number of hydrogen-bond acceptors (Lipinski definition) is 3. The minimum Gasteiger partial charge on any atom is -0.462 e. The minimum atomic E-state index is -0.285. The normalized spacial score (nSPS) is 22.7. The Morgan fingerprint density at radius 3 is 1.94 bits per heavy atom. The summed E-state index contributed by atoms with van der Waals surface area (Å²) in [4.78, 5) is 25.2. The summed E-state index contributed by atoms with van der Waals surface area (Å²) in [6.45, 7) is 11.5. The lowest BCUT2D eigenvalue weighted by Gasteiger charge is -2.54. The van der Waals surface area contributed by atoms with Gasteiger partial charge in [-0.3, -0.25) is 9.59 Å². The van der Waals surface area contributed by atoms with Crippen LogP contribution in [-0.4, -0.2) is 34.0 Å². The number of carbonyl (C=O) groups is 2. The van der Waals surface area contributed by atoms with Crippen molar-refractivity contribution in [2.45, 2.75) is 78.0 Å². The molecule has 1 heterocycles. The second kappa shape index (κ2) is 4.90. The van der Waals surface area contributed by atoms with Crippen LogP contribution in [0.3, 0.4) is 0 Å². The van der Waals surface area contributed by atoms with Gasteiger partial charge in [0.15, 0.2) is 0 Å². The summed E-state index contributed by atoms with van der Waals surface area (Å²) in [5, 5.41) is 0. The molecule has 0 spiro atoms. The van der Waals surface area contributed by atoms with Gasteiger partial charge >= 0.3 is 5.97 Å². The van der Waals surface area contributed by atoms with Gasteiger partial charge in [0.2, 0.25) is 5.91 Å². The second-order valence-electron chi connectivity index (χ2n) is 6.35. The standard InChI is InChI=1S/C14H25NO3/c1-7-12(17)18-11-8-13(3,4)15(10(2)16)14(5,6)9-11/h11H,7-9H2,1-6H3. The third-order valence-corrected chi connectivity index (χ3v) is 3.57. The van der Waals surface area contributed by atoms with E-state index in [1.807, 2.05) is 32.6 Å². The van der Waals surface area contributed by atoms with Crippen LogP contribution < -0.4 is 0 Å². The first kappa shape index (κ1) is 15.0. The molecule has 1 aliphatic rings. The molecule has 0 aromatic carbocycles. The van der Waals surface area contributed by atoms with E-state index >= 15 is 0 Å². The quantitative estimate of drug-likeness (QED) is 0.712. The molecule has 0 aliphatic carbocycles. The first-order valence-electron chi connectivity index (χ1n) is 6.60. The van der Waals surface area contributed by atoms with Gasteiger partial charge in [0.1, 0.15) is 6.10 Å². The Kier molecular flexibility index (Phi) is 4.08. The Hall–Kier alpha value is -1.06. The minimum absolute atomic E-state index is 0.0743. The molecule has 0 saturated carbocycles. The van der Waals surface area contributed by atoms with E-state index in [-0.39, 0.29) is 29.1 Å². The van der Waals surface area contributed by atoms with Crippen LogP contribution in [0.15, 0.2) is 0 Å². The van der Waals surface area contributed by atoms with Crippen molar-refractivity contribution in [1.29, 1.82) is 0 Å². The number of piperidine rings is 1. The number of ether oxygens (including phenoxy) is 1. The van der Waals surface area contributed by atoms with Crippen molar-refractivity contribution in [3.63, 3.8) is 0 Å². The number of carbonyl (C=O) groups excluding carboxylic acids is 2. The number of rotatable bonds is 2. The largest absolute Gasteiger partial charge is 0.462 e. The third-order valence-electron chi connectivity index (χ3n) is 3.57. The summed E-state index contributed by atoms with van der Waals surface area (Å²) in [7, 11) is 0. The molecule has 0 atom stereocenters. The molecule has 0 unspecified atom stereocenters. The third kappa shape index (κ3) is 3.03. The fourth-order valence-corrected chi connectivity index (χ4v) is 3.39. The van der Waals surface area contributed by atoms with Gasteiger partial charge in [-0.05, 0) is 27.7 Å². The van der Waals surface area contributed by atoms with Gasteiger partial charge in [-0.2, -0.15) is 0 Å². The first-order valence-corrected chi connectivity index (χ1v) is 6.60. The van der Waals surface area contributed by atoms with Gasteiger partial charge < -0.3 is 9.64 Å². The van der Waals surface area contributed by atoms with E-state index in [2.05, 4.69) is 0 Å². The molecule has 104 valence electrons. The predicted molar refractivity (Wildman–Crippen MR) is 70.1 cm³/mol. The van der Waals surface area contributed by atoms with Crippen LogP contribution in [0.1, 0.15) is 60.8 Å². The monoisotopic (exact) mass is 255 g/mol. The molecular formula is C14H25NO3. The summed E-state index contributed by atoms with van der Waals surface area (Å²) in [6, 6.07) is 0. The second-order valence-corrected chi connectivity index (χ2v) is 6.35. The van der Waals surface area contributed by atoms with Crippen LogP contribution in [0.5, 0.6) is 0 Å². The van der Waals surface area contributed by atoms with E-state index in [9.17, 15) is 9.59 Å². The van der Waals surface area contributed by atoms with Crippen LogP contribution >= 0.6 is 0 Å². The van der Waals surface area contributed by atoms with Crippen molar-refractivity contribution in [3.8, 4) is 0 Å². The van der Waals surface area contributed by atoms with Crippen molar-refractivity contribution in [1.82, 2.24) is 4.90 Å². The van der Waals surface area contributed by atoms with Crippen molar-refractivity contribution >= 4 is 11.9 Å². The fourth-order valence-electron chi connectivity index (χ4n) is 3.39. The maximum atomic E-state index is 11.8. The number of esters is 1. The highest BCUT2D eigenvalue weighted by atomic mass is 16.5. The van der Waals surface area contributed by atoms with E-state index in [1.54, 1.807) is 13.8 Å².